The van der Waals surface area contributed by atoms with Gasteiger partial charge in [0.1, 0.15) is 0 Å². The van der Waals surface area contributed by atoms with Crippen molar-refractivity contribution in [1.82, 2.24) is 29.9 Å². The van der Waals surface area contributed by atoms with Crippen LogP contribution in [0, 0.1) is 0 Å². The highest BCUT2D eigenvalue weighted by atomic mass is 16.5. The zero-order chi connectivity index (χ0) is 42.4. The van der Waals surface area contributed by atoms with Crippen LogP contribution < -0.4 is 18.9 Å². The normalized spacial score (nSPS) is 10.9. The third kappa shape index (κ3) is 8.43. The van der Waals surface area contributed by atoms with Gasteiger partial charge >= 0.3 is 0 Å². The van der Waals surface area contributed by atoms with Crippen molar-refractivity contribution in [3.63, 3.8) is 0 Å². The van der Waals surface area contributed by atoms with Crippen molar-refractivity contribution in [1.29, 1.82) is 0 Å². The van der Waals surface area contributed by atoms with Gasteiger partial charge in [-0.3, -0.25) is 0 Å². The first-order valence-electron chi connectivity index (χ1n) is 19.9. The van der Waals surface area contributed by atoms with Crippen LogP contribution in [0.15, 0.2) is 170 Å². The Balaban J connectivity index is 1.02. The van der Waals surface area contributed by atoms with E-state index in [0.29, 0.717) is 69.1 Å². The lowest BCUT2D eigenvalue weighted by atomic mass is 9.95. The molecule has 0 spiro atoms. The second-order valence-corrected chi connectivity index (χ2v) is 14.2. The minimum Gasteiger partial charge on any atom is -0.481 e. The number of hydrogen-bond donors (Lipinski definition) is 0. The average Bonchev–Trinajstić information content (AvgIpc) is 3.36. The molecule has 0 amide bonds. The summed E-state index contributed by atoms with van der Waals surface area (Å²) in [5.74, 6) is 2.06. The molecular formula is C52H40N6O4. The predicted octanol–water partition coefficient (Wildman–Crippen LogP) is 11.4. The highest BCUT2D eigenvalue weighted by Crippen LogP contribution is 2.35. The number of nitrogens with zero attached hydrogens (tertiary/aromatic N) is 6. The number of aromatic nitrogens is 6. The molecule has 0 aliphatic rings. The van der Waals surface area contributed by atoms with Crippen molar-refractivity contribution < 1.29 is 18.9 Å². The molecule has 0 radical (unpaired) electrons. The van der Waals surface area contributed by atoms with E-state index in [1.165, 1.54) is 0 Å². The Morgan fingerprint density at radius 3 is 0.758 bits per heavy atom. The summed E-state index contributed by atoms with van der Waals surface area (Å²) < 4.78 is 21.7. The molecular weight excluding hydrogens is 773 g/mol. The number of pyridine rings is 6. The van der Waals surface area contributed by atoms with Crippen molar-refractivity contribution in [2.45, 2.75) is 0 Å². The van der Waals surface area contributed by atoms with Crippen molar-refractivity contribution >= 4 is 0 Å². The lowest BCUT2D eigenvalue weighted by Crippen LogP contribution is -1.96. The van der Waals surface area contributed by atoms with E-state index in [4.69, 9.17) is 28.9 Å². The van der Waals surface area contributed by atoms with Gasteiger partial charge in [-0.15, -0.1) is 0 Å². The molecule has 0 N–H and O–H groups in total. The second-order valence-electron chi connectivity index (χ2n) is 14.2. The summed E-state index contributed by atoms with van der Waals surface area (Å²) in [4.78, 5) is 28.6. The Morgan fingerprint density at radius 1 is 0.226 bits per heavy atom. The monoisotopic (exact) mass is 812 g/mol. The standard InChI is InChI=1S/C52H40N6O4/c1-59-49-16-6-12-41(55-49)45-29-39(30-46(53-45)42-13-7-17-50(56-42)60-2)35-24-20-33(21-25-35)37-10-5-11-38(28-37)34-22-26-36(27-23-34)40-31-47(43-14-8-18-51(57-43)61-3)54-48(32-40)44-15-9-19-52(58-44)62-4/h5-32H,1-4H3. The molecule has 0 bridgehead atoms. The van der Waals surface area contributed by atoms with Gasteiger partial charge in [0.25, 0.3) is 0 Å². The highest BCUT2D eigenvalue weighted by molar-refractivity contribution is 5.80. The smallest absolute Gasteiger partial charge is 0.213 e. The van der Waals surface area contributed by atoms with Crippen LogP contribution in [0.4, 0.5) is 0 Å². The topological polar surface area (TPSA) is 114 Å². The Labute approximate surface area is 359 Å². The molecule has 9 rings (SSSR count). The molecule has 0 atom stereocenters. The maximum absolute atomic E-state index is 5.42. The summed E-state index contributed by atoms with van der Waals surface area (Å²) in [6.45, 7) is 0. The molecule has 0 saturated heterocycles. The second kappa shape index (κ2) is 17.5. The van der Waals surface area contributed by atoms with Gasteiger partial charge in [0, 0.05) is 24.3 Å². The first-order valence-corrected chi connectivity index (χ1v) is 19.9. The van der Waals surface area contributed by atoms with E-state index in [1.807, 2.05) is 97.1 Å². The molecule has 6 heterocycles. The van der Waals surface area contributed by atoms with Gasteiger partial charge in [0.15, 0.2) is 0 Å². The van der Waals surface area contributed by atoms with Crippen LogP contribution in [0.1, 0.15) is 0 Å². The van der Waals surface area contributed by atoms with E-state index in [1.54, 1.807) is 28.4 Å². The maximum atomic E-state index is 5.42. The molecule has 3 aromatic carbocycles. The summed E-state index contributed by atoms with van der Waals surface area (Å²) in [5.41, 5.74) is 14.0. The predicted molar refractivity (Wildman–Crippen MR) is 243 cm³/mol. The van der Waals surface area contributed by atoms with Crippen molar-refractivity contribution in [3.05, 3.63) is 170 Å². The van der Waals surface area contributed by atoms with Crippen LogP contribution >= 0.6 is 0 Å². The molecule has 0 unspecified atom stereocenters. The van der Waals surface area contributed by atoms with Gasteiger partial charge in [-0.25, -0.2) is 29.9 Å². The van der Waals surface area contributed by atoms with Gasteiger partial charge in [-0.1, -0.05) is 91.0 Å². The average molecular weight is 813 g/mol. The molecule has 62 heavy (non-hydrogen) atoms. The zero-order valence-electron chi connectivity index (χ0n) is 34.5. The number of rotatable bonds is 12. The fourth-order valence-corrected chi connectivity index (χ4v) is 7.19. The van der Waals surface area contributed by atoms with E-state index in [2.05, 4.69) is 92.7 Å². The van der Waals surface area contributed by atoms with E-state index >= 15 is 0 Å². The molecule has 0 aliphatic carbocycles. The first-order chi connectivity index (χ1) is 30.5. The van der Waals surface area contributed by atoms with Crippen LogP contribution in [0.2, 0.25) is 0 Å². The van der Waals surface area contributed by atoms with Crippen LogP contribution in [0.3, 0.4) is 0 Å². The molecule has 302 valence electrons. The third-order valence-electron chi connectivity index (χ3n) is 10.4. The van der Waals surface area contributed by atoms with Gasteiger partial charge in [0.2, 0.25) is 23.5 Å². The van der Waals surface area contributed by atoms with Gasteiger partial charge < -0.3 is 18.9 Å². The summed E-state index contributed by atoms with van der Waals surface area (Å²) in [7, 11) is 6.42. The molecule has 10 heteroatoms. The van der Waals surface area contributed by atoms with Crippen molar-refractivity contribution in [2.75, 3.05) is 28.4 Å². The van der Waals surface area contributed by atoms with Crippen molar-refractivity contribution in [2.24, 2.45) is 0 Å². The van der Waals surface area contributed by atoms with E-state index in [0.717, 1.165) is 44.5 Å². The third-order valence-corrected chi connectivity index (χ3v) is 10.4. The van der Waals surface area contributed by atoms with Crippen LogP contribution in [0.5, 0.6) is 23.5 Å². The largest absolute Gasteiger partial charge is 0.481 e. The Bertz CT molecular complexity index is 2700. The molecule has 6 aromatic heterocycles. The van der Waals surface area contributed by atoms with Gasteiger partial charge in [-0.2, -0.15) is 0 Å². The first kappa shape index (κ1) is 39.2. The summed E-state index contributed by atoms with van der Waals surface area (Å²) in [5, 5.41) is 0. The summed E-state index contributed by atoms with van der Waals surface area (Å²) in [6.07, 6.45) is 0. The quantitative estimate of drug-likeness (QED) is 0.118. The Hall–Kier alpha value is -8.24. The van der Waals surface area contributed by atoms with Crippen LogP contribution in [-0.4, -0.2) is 58.3 Å². The van der Waals surface area contributed by atoms with E-state index in [-0.39, 0.29) is 0 Å². The Morgan fingerprint density at radius 2 is 0.484 bits per heavy atom. The molecule has 10 nitrogen and oxygen atoms in total. The minimum absolute atomic E-state index is 0.515. The fraction of sp³-hybridized carbons (Fsp3) is 0.0769. The number of ether oxygens (including phenoxy) is 4. The summed E-state index contributed by atoms with van der Waals surface area (Å²) in [6, 6.07) is 56.5. The minimum atomic E-state index is 0.515. The SMILES string of the molecule is COc1cccc(-c2cc(-c3ccc(-c4cccc(-c5ccc(-c6cc(-c7cccc(OC)n7)nc(-c7cccc(OC)n7)c6)cc5)c4)cc3)cc(-c3cccc(OC)n3)n2)n1. The number of methoxy groups -OCH3 is 4. The van der Waals surface area contributed by atoms with E-state index in [9.17, 15) is 0 Å². The van der Waals surface area contributed by atoms with Crippen LogP contribution in [-0.2, 0) is 0 Å². The van der Waals surface area contributed by atoms with Gasteiger partial charge in [0.05, 0.1) is 74.0 Å². The van der Waals surface area contributed by atoms with Crippen molar-refractivity contribution in [3.8, 4) is 114 Å². The molecule has 0 aliphatic heterocycles. The lowest BCUT2D eigenvalue weighted by Gasteiger charge is -2.12. The van der Waals surface area contributed by atoms with Crippen LogP contribution in [0.25, 0.3) is 90.1 Å². The van der Waals surface area contributed by atoms with E-state index < -0.39 is 0 Å². The molecule has 0 saturated carbocycles. The van der Waals surface area contributed by atoms with Gasteiger partial charge in [-0.05, 0) is 99.1 Å². The molecule has 0 fully saturated rings. The Kier molecular flexibility index (Phi) is 11.1. The zero-order valence-corrected chi connectivity index (χ0v) is 34.5. The number of benzene rings is 3. The summed E-state index contributed by atoms with van der Waals surface area (Å²) >= 11 is 0. The fourth-order valence-electron chi connectivity index (χ4n) is 7.19. The molecule has 9 aromatic rings. The number of hydrogen-bond acceptors (Lipinski definition) is 10. The maximum Gasteiger partial charge on any atom is 0.213 e. The lowest BCUT2D eigenvalue weighted by molar-refractivity contribution is 0.398. The highest BCUT2D eigenvalue weighted by Gasteiger charge is 2.15.